The molecule has 1 saturated heterocycles. The van der Waals surface area contributed by atoms with Crippen molar-refractivity contribution in [1.82, 2.24) is 24.8 Å². The summed E-state index contributed by atoms with van der Waals surface area (Å²) in [5, 5.41) is 8.70. The molecule has 0 aliphatic carbocycles. The van der Waals surface area contributed by atoms with Gasteiger partial charge in [0.05, 0.1) is 25.5 Å². The van der Waals surface area contributed by atoms with E-state index >= 15 is 0 Å². The SMILES string of the molecule is COc1ccc(-c2nn(-c3ccccc3)cc2C(=O)N2CCC(c3nc(C)no3)CC2)cc1OC. The van der Waals surface area contributed by atoms with Crippen LogP contribution in [0.15, 0.2) is 59.3 Å². The van der Waals surface area contributed by atoms with Crippen LogP contribution in [0, 0.1) is 6.92 Å². The van der Waals surface area contributed by atoms with Gasteiger partial charge in [0.2, 0.25) is 5.89 Å². The quantitative estimate of drug-likeness (QED) is 0.413. The Morgan fingerprint density at radius 2 is 1.77 bits per heavy atom. The lowest BCUT2D eigenvalue weighted by atomic mass is 9.96. The van der Waals surface area contributed by atoms with E-state index in [0.29, 0.717) is 47.6 Å². The summed E-state index contributed by atoms with van der Waals surface area (Å²) in [5.74, 6) is 2.58. The number of carbonyl (C=O) groups is 1. The number of piperidine rings is 1. The fraction of sp³-hybridized carbons (Fsp3) is 0.308. The first-order valence-electron chi connectivity index (χ1n) is 11.5. The van der Waals surface area contributed by atoms with E-state index < -0.39 is 0 Å². The Hall–Kier alpha value is -4.14. The Balaban J connectivity index is 1.47. The Morgan fingerprint density at radius 3 is 2.43 bits per heavy atom. The molecule has 0 bridgehead atoms. The number of benzene rings is 2. The van der Waals surface area contributed by atoms with Gasteiger partial charge in [-0.05, 0) is 50.1 Å². The first-order chi connectivity index (χ1) is 17.1. The van der Waals surface area contributed by atoms with Crippen LogP contribution in [0.5, 0.6) is 11.5 Å². The summed E-state index contributed by atoms with van der Waals surface area (Å²) in [6.45, 7) is 3.02. The number of amides is 1. The monoisotopic (exact) mass is 473 g/mol. The number of para-hydroxylation sites is 1. The molecule has 0 N–H and O–H groups in total. The van der Waals surface area contributed by atoms with Crippen molar-refractivity contribution in [3.8, 4) is 28.4 Å². The Kier molecular flexibility index (Phi) is 6.22. The summed E-state index contributed by atoms with van der Waals surface area (Å²) < 4.78 is 18.0. The van der Waals surface area contributed by atoms with Crippen molar-refractivity contribution in [1.29, 1.82) is 0 Å². The van der Waals surface area contributed by atoms with Crippen LogP contribution in [0.4, 0.5) is 0 Å². The second kappa shape index (κ2) is 9.61. The van der Waals surface area contributed by atoms with Gasteiger partial charge in [-0.3, -0.25) is 4.79 Å². The highest BCUT2D eigenvalue weighted by atomic mass is 16.5. The van der Waals surface area contributed by atoms with E-state index in [2.05, 4.69) is 10.1 Å². The summed E-state index contributed by atoms with van der Waals surface area (Å²) >= 11 is 0. The van der Waals surface area contributed by atoms with Gasteiger partial charge in [-0.25, -0.2) is 4.68 Å². The standard InChI is InChI=1S/C26H27N5O4/c1-17-27-25(35-29-17)18-11-13-30(14-12-18)26(32)21-16-31(20-7-5-4-6-8-20)28-24(21)19-9-10-22(33-2)23(15-19)34-3/h4-10,15-16,18H,11-14H2,1-3H3. The molecule has 0 spiro atoms. The number of aryl methyl sites for hydroxylation is 1. The molecule has 0 saturated carbocycles. The van der Waals surface area contributed by atoms with Gasteiger partial charge in [0.1, 0.15) is 5.69 Å². The van der Waals surface area contributed by atoms with Crippen molar-refractivity contribution in [2.75, 3.05) is 27.3 Å². The average molecular weight is 474 g/mol. The van der Waals surface area contributed by atoms with Crippen molar-refractivity contribution >= 4 is 5.91 Å². The van der Waals surface area contributed by atoms with Gasteiger partial charge in [0.25, 0.3) is 5.91 Å². The van der Waals surface area contributed by atoms with E-state index in [9.17, 15) is 4.79 Å². The minimum Gasteiger partial charge on any atom is -0.493 e. The van der Waals surface area contributed by atoms with E-state index in [4.69, 9.17) is 19.1 Å². The van der Waals surface area contributed by atoms with Gasteiger partial charge in [-0.2, -0.15) is 10.1 Å². The Morgan fingerprint density at radius 1 is 1.03 bits per heavy atom. The number of methoxy groups -OCH3 is 2. The number of nitrogens with zero attached hydrogens (tertiary/aromatic N) is 5. The molecule has 0 atom stereocenters. The summed E-state index contributed by atoms with van der Waals surface area (Å²) in [5.41, 5.74) is 2.78. The van der Waals surface area contributed by atoms with Crippen molar-refractivity contribution in [2.24, 2.45) is 0 Å². The molecular formula is C26H27N5O4. The Labute approximate surface area is 203 Å². The fourth-order valence-electron chi connectivity index (χ4n) is 4.42. The molecule has 180 valence electrons. The molecule has 2 aromatic heterocycles. The lowest BCUT2D eigenvalue weighted by molar-refractivity contribution is 0.0705. The van der Waals surface area contributed by atoms with E-state index in [1.54, 1.807) is 25.1 Å². The van der Waals surface area contributed by atoms with Crippen LogP contribution in [-0.2, 0) is 0 Å². The lowest BCUT2D eigenvalue weighted by Gasteiger charge is -2.30. The molecule has 9 heteroatoms. The number of likely N-dealkylation sites (tertiary alicyclic amines) is 1. The van der Waals surface area contributed by atoms with Crippen molar-refractivity contribution in [3.63, 3.8) is 0 Å². The summed E-state index contributed by atoms with van der Waals surface area (Å²) in [4.78, 5) is 20.0. The highest BCUT2D eigenvalue weighted by Gasteiger charge is 2.30. The van der Waals surface area contributed by atoms with Gasteiger partial charge in [-0.15, -0.1) is 0 Å². The van der Waals surface area contributed by atoms with E-state index in [1.807, 2.05) is 60.4 Å². The summed E-state index contributed by atoms with van der Waals surface area (Å²) in [6.07, 6.45) is 3.34. The number of hydrogen-bond acceptors (Lipinski definition) is 7. The minimum atomic E-state index is -0.0582. The number of carbonyl (C=O) groups excluding carboxylic acids is 1. The van der Waals surface area contributed by atoms with Crippen LogP contribution in [0.1, 0.15) is 40.8 Å². The predicted molar refractivity (Wildman–Crippen MR) is 129 cm³/mol. The van der Waals surface area contributed by atoms with Crippen LogP contribution in [0.3, 0.4) is 0 Å². The third-order valence-corrected chi connectivity index (χ3v) is 6.30. The molecule has 2 aromatic carbocycles. The molecule has 3 heterocycles. The lowest BCUT2D eigenvalue weighted by Crippen LogP contribution is -2.38. The molecule has 1 aliphatic heterocycles. The average Bonchev–Trinajstić information content (AvgIpc) is 3.55. The molecule has 5 rings (SSSR count). The predicted octanol–water partition coefficient (Wildman–Crippen LogP) is 4.27. The van der Waals surface area contributed by atoms with Crippen LogP contribution >= 0.6 is 0 Å². The van der Waals surface area contributed by atoms with Crippen LogP contribution in [0.25, 0.3) is 16.9 Å². The zero-order valence-electron chi connectivity index (χ0n) is 20.0. The molecular weight excluding hydrogens is 446 g/mol. The second-order valence-electron chi connectivity index (χ2n) is 8.49. The largest absolute Gasteiger partial charge is 0.493 e. The highest BCUT2D eigenvalue weighted by Crippen LogP contribution is 2.34. The third-order valence-electron chi connectivity index (χ3n) is 6.30. The van der Waals surface area contributed by atoms with Crippen LogP contribution < -0.4 is 9.47 Å². The van der Waals surface area contributed by atoms with Gasteiger partial charge < -0.3 is 18.9 Å². The molecule has 4 aromatic rings. The summed E-state index contributed by atoms with van der Waals surface area (Å²) in [7, 11) is 3.18. The molecule has 1 aliphatic rings. The smallest absolute Gasteiger partial charge is 0.257 e. The van der Waals surface area contributed by atoms with Crippen molar-refractivity contribution in [2.45, 2.75) is 25.7 Å². The number of hydrogen-bond donors (Lipinski definition) is 0. The van der Waals surface area contributed by atoms with Crippen molar-refractivity contribution in [3.05, 3.63) is 72.0 Å². The van der Waals surface area contributed by atoms with Crippen LogP contribution in [-0.4, -0.2) is 58.0 Å². The van der Waals surface area contributed by atoms with Gasteiger partial charge in [0, 0.05) is 30.8 Å². The normalized spacial score (nSPS) is 14.2. The summed E-state index contributed by atoms with van der Waals surface area (Å²) in [6, 6.07) is 15.3. The van der Waals surface area contributed by atoms with Gasteiger partial charge in [0.15, 0.2) is 17.3 Å². The van der Waals surface area contributed by atoms with Crippen LogP contribution in [0.2, 0.25) is 0 Å². The Bertz CT molecular complexity index is 1320. The molecule has 0 radical (unpaired) electrons. The van der Waals surface area contributed by atoms with E-state index in [0.717, 1.165) is 24.1 Å². The van der Waals surface area contributed by atoms with Crippen molar-refractivity contribution < 1.29 is 18.8 Å². The molecule has 1 amide bonds. The fourth-order valence-corrected chi connectivity index (χ4v) is 4.42. The maximum absolute atomic E-state index is 13.7. The van der Waals surface area contributed by atoms with E-state index in [-0.39, 0.29) is 11.8 Å². The molecule has 9 nitrogen and oxygen atoms in total. The third kappa shape index (κ3) is 4.49. The second-order valence-corrected chi connectivity index (χ2v) is 8.49. The van der Waals surface area contributed by atoms with Gasteiger partial charge >= 0.3 is 0 Å². The maximum atomic E-state index is 13.7. The minimum absolute atomic E-state index is 0.0582. The zero-order chi connectivity index (χ0) is 24.4. The number of ether oxygens (including phenoxy) is 2. The zero-order valence-corrected chi connectivity index (χ0v) is 20.0. The molecule has 1 fully saturated rings. The first kappa shape index (κ1) is 22.6. The molecule has 0 unspecified atom stereocenters. The van der Waals surface area contributed by atoms with E-state index in [1.165, 1.54) is 0 Å². The maximum Gasteiger partial charge on any atom is 0.257 e. The topological polar surface area (TPSA) is 95.5 Å². The molecule has 35 heavy (non-hydrogen) atoms. The number of rotatable bonds is 6. The van der Waals surface area contributed by atoms with Gasteiger partial charge in [-0.1, -0.05) is 23.4 Å². The number of aromatic nitrogens is 4. The first-order valence-corrected chi connectivity index (χ1v) is 11.5. The highest BCUT2D eigenvalue weighted by molar-refractivity contribution is 6.00.